The quantitative estimate of drug-likeness (QED) is 0.851. The van der Waals surface area contributed by atoms with Crippen molar-refractivity contribution in [3.05, 3.63) is 35.9 Å². The second kappa shape index (κ2) is 9.08. The van der Waals surface area contributed by atoms with Gasteiger partial charge in [-0.25, -0.2) is 0 Å². The van der Waals surface area contributed by atoms with Crippen LogP contribution < -0.4 is 5.32 Å². The molecule has 2 amide bonds. The molecular formula is C23H33N3O2. The van der Waals surface area contributed by atoms with E-state index < -0.39 is 0 Å². The predicted octanol–water partition coefficient (Wildman–Crippen LogP) is 2.95. The van der Waals surface area contributed by atoms with Gasteiger partial charge in [0.1, 0.15) is 6.04 Å². The molecule has 5 nitrogen and oxygen atoms in total. The maximum absolute atomic E-state index is 13.1. The third-order valence-electron chi connectivity index (χ3n) is 6.77. The van der Waals surface area contributed by atoms with Crippen LogP contribution in [0.4, 0.5) is 0 Å². The van der Waals surface area contributed by atoms with Gasteiger partial charge in [0.05, 0.1) is 6.54 Å². The summed E-state index contributed by atoms with van der Waals surface area (Å²) in [5, 5.41) is 2.98. The number of likely N-dealkylation sites (tertiary alicyclic amines) is 1. The molecule has 28 heavy (non-hydrogen) atoms. The van der Waals surface area contributed by atoms with Crippen LogP contribution in [-0.2, 0) is 16.1 Å². The Bertz CT molecular complexity index is 664. The van der Waals surface area contributed by atoms with Gasteiger partial charge in [-0.15, -0.1) is 0 Å². The van der Waals surface area contributed by atoms with E-state index in [1.807, 2.05) is 11.0 Å². The second-order valence-corrected chi connectivity index (χ2v) is 8.82. The Labute approximate surface area is 168 Å². The maximum Gasteiger partial charge on any atom is 0.245 e. The largest absolute Gasteiger partial charge is 0.343 e. The number of nitrogens with zero attached hydrogens (tertiary/aromatic N) is 2. The number of hydrogen-bond acceptors (Lipinski definition) is 3. The Morgan fingerprint density at radius 1 is 0.929 bits per heavy atom. The van der Waals surface area contributed by atoms with Gasteiger partial charge in [0.2, 0.25) is 11.8 Å². The zero-order valence-corrected chi connectivity index (χ0v) is 16.8. The van der Waals surface area contributed by atoms with Gasteiger partial charge >= 0.3 is 0 Å². The summed E-state index contributed by atoms with van der Waals surface area (Å²) in [5.41, 5.74) is 1.34. The van der Waals surface area contributed by atoms with E-state index >= 15 is 0 Å². The highest BCUT2D eigenvalue weighted by molar-refractivity contribution is 5.95. The van der Waals surface area contributed by atoms with E-state index in [2.05, 4.69) is 34.5 Å². The molecule has 4 rings (SSSR count). The zero-order chi connectivity index (χ0) is 19.3. The number of nitrogens with one attached hydrogen (secondary N) is 1. The van der Waals surface area contributed by atoms with E-state index in [1.54, 1.807) is 0 Å². The highest BCUT2D eigenvalue weighted by Crippen LogP contribution is 2.29. The summed E-state index contributed by atoms with van der Waals surface area (Å²) in [6.45, 7) is 3.17. The minimum Gasteiger partial charge on any atom is -0.343 e. The molecule has 0 spiro atoms. The number of benzene rings is 1. The topological polar surface area (TPSA) is 52.7 Å². The molecule has 1 atom stereocenters. The molecule has 152 valence electrons. The van der Waals surface area contributed by atoms with Crippen molar-refractivity contribution < 1.29 is 9.59 Å². The van der Waals surface area contributed by atoms with E-state index in [0.29, 0.717) is 5.92 Å². The van der Waals surface area contributed by atoms with Crippen molar-refractivity contribution in [3.8, 4) is 0 Å². The van der Waals surface area contributed by atoms with Gasteiger partial charge in [-0.2, -0.15) is 0 Å². The number of piperazine rings is 1. The molecule has 3 aliphatic rings. The molecule has 1 aromatic carbocycles. The van der Waals surface area contributed by atoms with Crippen LogP contribution in [0.25, 0.3) is 0 Å². The summed E-state index contributed by atoms with van der Waals surface area (Å²) in [6, 6.07) is 10.5. The molecule has 0 bridgehead atoms. The van der Waals surface area contributed by atoms with E-state index in [-0.39, 0.29) is 30.4 Å². The first-order valence-electron chi connectivity index (χ1n) is 11.0. The van der Waals surface area contributed by atoms with Crippen molar-refractivity contribution in [3.63, 3.8) is 0 Å². The number of carbonyl (C=O) groups is 2. The van der Waals surface area contributed by atoms with Gasteiger partial charge in [-0.3, -0.25) is 14.5 Å². The molecule has 3 fully saturated rings. The summed E-state index contributed by atoms with van der Waals surface area (Å²) in [5.74, 6) is 0.773. The average molecular weight is 384 g/mol. The molecule has 1 N–H and O–H groups in total. The minimum absolute atomic E-state index is 0.0205. The van der Waals surface area contributed by atoms with Crippen LogP contribution in [0.1, 0.15) is 56.9 Å². The van der Waals surface area contributed by atoms with Crippen LogP contribution in [0.5, 0.6) is 0 Å². The molecule has 5 heteroatoms. The van der Waals surface area contributed by atoms with Gasteiger partial charge in [-0.05, 0) is 30.7 Å². The van der Waals surface area contributed by atoms with Crippen LogP contribution in [0.15, 0.2) is 30.3 Å². The monoisotopic (exact) mass is 383 g/mol. The Hall–Kier alpha value is -1.88. The van der Waals surface area contributed by atoms with E-state index in [0.717, 1.165) is 38.9 Å². The van der Waals surface area contributed by atoms with Gasteiger partial charge in [0, 0.05) is 25.7 Å². The van der Waals surface area contributed by atoms with E-state index in [4.69, 9.17) is 0 Å². The highest BCUT2D eigenvalue weighted by Gasteiger charge is 2.38. The zero-order valence-electron chi connectivity index (χ0n) is 16.8. The third-order valence-corrected chi connectivity index (χ3v) is 6.77. The summed E-state index contributed by atoms with van der Waals surface area (Å²) >= 11 is 0. The van der Waals surface area contributed by atoms with Crippen LogP contribution in [0, 0.1) is 5.92 Å². The maximum atomic E-state index is 13.1. The molecule has 2 aliphatic heterocycles. The number of hydrogen-bond donors (Lipinski definition) is 1. The molecule has 0 unspecified atom stereocenters. The first kappa shape index (κ1) is 19.4. The van der Waals surface area contributed by atoms with Gasteiger partial charge in [-0.1, -0.05) is 62.4 Å². The average Bonchev–Trinajstić information content (AvgIpc) is 2.73. The smallest absolute Gasteiger partial charge is 0.245 e. The fourth-order valence-corrected chi connectivity index (χ4v) is 5.19. The van der Waals surface area contributed by atoms with Crippen LogP contribution >= 0.6 is 0 Å². The summed E-state index contributed by atoms with van der Waals surface area (Å²) in [4.78, 5) is 29.8. The lowest BCUT2D eigenvalue weighted by Crippen LogP contribution is -2.62. The Kier molecular flexibility index (Phi) is 6.30. The minimum atomic E-state index is -0.299. The van der Waals surface area contributed by atoms with Crippen molar-refractivity contribution >= 4 is 11.8 Å². The van der Waals surface area contributed by atoms with Crippen LogP contribution in [0.2, 0.25) is 0 Å². The SMILES string of the molecule is O=C1CN(C2CCN(Cc3ccccc3)CC2)C(=O)[C@H](CC2CCCCC2)N1. The van der Waals surface area contributed by atoms with Crippen molar-refractivity contribution in [2.45, 2.75) is 70.0 Å². The first-order valence-corrected chi connectivity index (χ1v) is 11.0. The molecule has 0 radical (unpaired) electrons. The third kappa shape index (κ3) is 4.75. The fraction of sp³-hybridized carbons (Fsp3) is 0.652. The first-order chi connectivity index (χ1) is 13.7. The Morgan fingerprint density at radius 3 is 2.36 bits per heavy atom. The lowest BCUT2D eigenvalue weighted by Gasteiger charge is -2.42. The van der Waals surface area contributed by atoms with Gasteiger partial charge in [0.15, 0.2) is 0 Å². The molecule has 1 aliphatic carbocycles. The van der Waals surface area contributed by atoms with Crippen LogP contribution in [0.3, 0.4) is 0 Å². The van der Waals surface area contributed by atoms with Crippen molar-refractivity contribution in [1.82, 2.24) is 15.1 Å². The standard InChI is InChI=1S/C23H33N3O2/c27-22-17-26(23(28)21(24-22)15-18-7-3-1-4-8-18)20-11-13-25(14-12-20)16-19-9-5-2-6-10-19/h2,5-6,9-10,18,20-21H,1,3-4,7-8,11-17H2,(H,24,27)/t21-/m0/s1. The Balaban J connectivity index is 1.32. The second-order valence-electron chi connectivity index (χ2n) is 8.82. The van der Waals surface area contributed by atoms with E-state index in [1.165, 1.54) is 37.7 Å². The molecule has 2 saturated heterocycles. The normalized spacial score (nSPS) is 25.7. The molecule has 2 heterocycles. The number of piperidine rings is 1. The van der Waals surface area contributed by atoms with Crippen LogP contribution in [-0.4, -0.2) is 53.3 Å². The molecule has 0 aromatic heterocycles. The lowest BCUT2D eigenvalue weighted by atomic mass is 9.84. The van der Waals surface area contributed by atoms with Crippen molar-refractivity contribution in [2.24, 2.45) is 5.92 Å². The van der Waals surface area contributed by atoms with Gasteiger partial charge < -0.3 is 10.2 Å². The lowest BCUT2D eigenvalue weighted by molar-refractivity contribution is -0.148. The molecular weight excluding hydrogens is 350 g/mol. The van der Waals surface area contributed by atoms with Gasteiger partial charge in [0.25, 0.3) is 0 Å². The summed E-state index contributed by atoms with van der Waals surface area (Å²) < 4.78 is 0. The molecule has 1 aromatic rings. The summed E-state index contributed by atoms with van der Waals surface area (Å²) in [7, 11) is 0. The fourth-order valence-electron chi connectivity index (χ4n) is 5.19. The highest BCUT2D eigenvalue weighted by atomic mass is 16.2. The number of rotatable bonds is 5. The number of carbonyl (C=O) groups excluding carboxylic acids is 2. The predicted molar refractivity (Wildman–Crippen MR) is 110 cm³/mol. The molecule has 1 saturated carbocycles. The number of amides is 2. The van der Waals surface area contributed by atoms with Crippen molar-refractivity contribution in [1.29, 1.82) is 0 Å². The summed E-state index contributed by atoms with van der Waals surface area (Å²) in [6.07, 6.45) is 9.01. The Morgan fingerprint density at radius 2 is 1.64 bits per heavy atom. The van der Waals surface area contributed by atoms with E-state index in [9.17, 15) is 9.59 Å². The van der Waals surface area contributed by atoms with Crippen molar-refractivity contribution in [2.75, 3.05) is 19.6 Å².